The van der Waals surface area contributed by atoms with E-state index in [1.54, 1.807) is 32.4 Å². The van der Waals surface area contributed by atoms with E-state index in [2.05, 4.69) is 47.4 Å². The molecule has 10 nitrogen and oxygen atoms in total. The Balaban J connectivity index is 1.56. The maximum Gasteiger partial charge on any atom is 0.223 e. The van der Waals surface area contributed by atoms with Crippen molar-refractivity contribution in [3.05, 3.63) is 46.9 Å². The van der Waals surface area contributed by atoms with E-state index in [4.69, 9.17) is 11.6 Å². The predicted octanol–water partition coefficient (Wildman–Crippen LogP) is 5.74. The Kier molecular flexibility index (Phi) is 7.92. The highest BCUT2D eigenvalue weighted by Crippen LogP contribution is 2.41. The average molecular weight is 705 g/mol. The number of aromatic nitrogens is 6. The monoisotopic (exact) mass is 704 g/mol. The molecule has 4 heterocycles. The van der Waals surface area contributed by atoms with Gasteiger partial charge in [-0.2, -0.15) is 5.10 Å². The standard InChI is InChI=1S/C24H28ClFIN8O2PS/c1-12(2)34-17-9-13(8-15(26)20(17)31-22(34)24(3,4)36)19-14(25)10-28-23(32-19)30-16-6-7-33(39(5)37)18-11-29-35(38-27)21(16)18/h8-12,16,36,38H,6-7H2,1-5H3,(H,28,30,32). The molecule has 0 aliphatic carbocycles. The van der Waals surface area contributed by atoms with Crippen molar-refractivity contribution >= 4 is 73.7 Å². The molecule has 208 valence electrons. The highest BCUT2D eigenvalue weighted by Gasteiger charge is 2.32. The van der Waals surface area contributed by atoms with Crippen molar-refractivity contribution in [2.24, 2.45) is 0 Å². The van der Waals surface area contributed by atoms with Gasteiger partial charge in [0.2, 0.25) is 5.95 Å². The molecule has 0 saturated carbocycles. The number of hydrogen-bond acceptors (Lipinski definition) is 7. The molecule has 2 N–H and O–H groups in total. The van der Waals surface area contributed by atoms with Crippen LogP contribution in [0.3, 0.4) is 0 Å². The summed E-state index contributed by atoms with van der Waals surface area (Å²) >= 11 is 8.79. The van der Waals surface area contributed by atoms with Crippen LogP contribution in [-0.4, -0.2) is 51.2 Å². The number of nitrogens with zero attached hydrogens (tertiary/aromatic N) is 7. The zero-order chi connectivity index (χ0) is 28.2. The molecule has 0 fully saturated rings. The number of fused-ring (bicyclic) bond motifs is 2. The van der Waals surface area contributed by atoms with Gasteiger partial charge in [-0.05, 0) is 68.3 Å². The summed E-state index contributed by atoms with van der Waals surface area (Å²) in [6, 6.07) is 2.89. The zero-order valence-corrected chi connectivity index (χ0v) is 26.6. The van der Waals surface area contributed by atoms with E-state index in [1.165, 1.54) is 12.3 Å². The quantitative estimate of drug-likeness (QED) is 0.186. The Morgan fingerprint density at radius 3 is 2.69 bits per heavy atom. The molecule has 0 spiro atoms. The van der Waals surface area contributed by atoms with Gasteiger partial charge in [-0.1, -0.05) is 11.6 Å². The van der Waals surface area contributed by atoms with Crippen LogP contribution in [0.2, 0.25) is 5.02 Å². The van der Waals surface area contributed by atoms with E-state index in [-0.39, 0.29) is 22.6 Å². The number of benzene rings is 1. The summed E-state index contributed by atoms with van der Waals surface area (Å²) in [6.07, 6.45) is 5.90. The molecule has 0 bridgehead atoms. The fourth-order valence-corrected chi connectivity index (χ4v) is 7.48. The Morgan fingerprint density at radius 1 is 1.31 bits per heavy atom. The molecule has 3 unspecified atom stereocenters. The third-order valence-electron chi connectivity index (χ3n) is 6.53. The molecule has 3 atom stereocenters. The van der Waals surface area contributed by atoms with E-state index < -0.39 is 22.4 Å². The predicted molar refractivity (Wildman–Crippen MR) is 164 cm³/mol. The number of imidazole rings is 1. The lowest BCUT2D eigenvalue weighted by molar-refractivity contribution is 0.0641. The first kappa shape index (κ1) is 28.6. The summed E-state index contributed by atoms with van der Waals surface area (Å²) in [6.45, 7) is 7.74. The zero-order valence-electron chi connectivity index (χ0n) is 21.9. The highest BCUT2D eigenvalue weighted by atomic mass is 127. The van der Waals surface area contributed by atoms with Crippen molar-refractivity contribution in [3.63, 3.8) is 0 Å². The van der Waals surface area contributed by atoms with Crippen LogP contribution in [0.5, 0.6) is 0 Å². The van der Waals surface area contributed by atoms with Crippen molar-refractivity contribution in [1.29, 1.82) is 0 Å². The minimum Gasteiger partial charge on any atom is -0.383 e. The second-order valence-corrected chi connectivity index (χ2v) is 13.8. The molecule has 0 radical (unpaired) electrons. The van der Waals surface area contributed by atoms with E-state index in [9.17, 15) is 9.32 Å². The number of aliphatic hydroxyl groups is 1. The first-order chi connectivity index (χ1) is 18.4. The van der Waals surface area contributed by atoms with Gasteiger partial charge in [0.15, 0.2) is 5.82 Å². The van der Waals surface area contributed by atoms with Gasteiger partial charge in [-0.15, -0.1) is 0 Å². The van der Waals surface area contributed by atoms with Crippen molar-refractivity contribution < 1.29 is 13.7 Å². The number of halogens is 3. The van der Waals surface area contributed by atoms with E-state index in [0.29, 0.717) is 47.9 Å². The highest BCUT2D eigenvalue weighted by molar-refractivity contribution is 14.2. The number of nitrogens with one attached hydrogen (secondary N) is 1. The van der Waals surface area contributed by atoms with Crippen LogP contribution in [0.15, 0.2) is 24.5 Å². The van der Waals surface area contributed by atoms with Crippen LogP contribution >= 0.6 is 40.0 Å². The number of anilines is 2. The molecule has 1 aliphatic heterocycles. The van der Waals surface area contributed by atoms with Gasteiger partial charge in [0.25, 0.3) is 0 Å². The molecule has 0 saturated heterocycles. The Labute approximate surface area is 247 Å². The second-order valence-electron chi connectivity index (χ2n) is 10.1. The molecule has 1 aliphatic rings. The topological polar surface area (TPSA) is 114 Å². The van der Waals surface area contributed by atoms with Crippen molar-refractivity contribution in [1.82, 2.24) is 29.1 Å². The first-order valence-corrected chi connectivity index (χ1v) is 18.2. The summed E-state index contributed by atoms with van der Waals surface area (Å²) in [5.74, 6) is 0.173. The largest absolute Gasteiger partial charge is 0.383 e. The Bertz CT molecular complexity index is 1590. The molecule has 39 heavy (non-hydrogen) atoms. The van der Waals surface area contributed by atoms with E-state index >= 15 is 4.39 Å². The molecular weight excluding hydrogens is 677 g/mol. The van der Waals surface area contributed by atoms with Gasteiger partial charge in [-0.3, -0.25) is 4.31 Å². The van der Waals surface area contributed by atoms with Gasteiger partial charge >= 0.3 is 0 Å². The molecule has 4 aromatic rings. The fourth-order valence-electron chi connectivity index (χ4n) is 4.88. The van der Waals surface area contributed by atoms with Crippen LogP contribution in [0.25, 0.3) is 22.3 Å². The number of hydrogen-bond donors (Lipinski definition) is 2. The molecule has 15 heteroatoms. The minimum absolute atomic E-state index is 0.0786. The lowest BCUT2D eigenvalue weighted by atomic mass is 10.1. The Morgan fingerprint density at radius 2 is 2.05 bits per heavy atom. The second kappa shape index (κ2) is 10.8. The van der Waals surface area contributed by atoms with E-state index in [0.717, 1.165) is 11.4 Å². The molecule has 3 aromatic heterocycles. The first-order valence-electron chi connectivity index (χ1n) is 12.2. The van der Waals surface area contributed by atoms with Crippen LogP contribution in [0, 0.1) is 5.82 Å². The third kappa shape index (κ3) is 5.28. The van der Waals surface area contributed by atoms with Crippen molar-refractivity contribution in [2.45, 2.75) is 51.8 Å². The molecule has 1 aromatic carbocycles. The average Bonchev–Trinajstić information content (AvgIpc) is 3.48. The van der Waals surface area contributed by atoms with Crippen molar-refractivity contribution in [2.75, 3.05) is 22.4 Å². The Hall–Kier alpha value is -1.93. The maximum atomic E-state index is 15.4. The third-order valence-corrected chi connectivity index (χ3v) is 9.69. The maximum absolute atomic E-state index is 15.4. The lowest BCUT2D eigenvalue weighted by Crippen LogP contribution is -2.34. The molecule has 0 amide bonds. The van der Waals surface area contributed by atoms with Gasteiger partial charge in [0.1, 0.15) is 27.9 Å². The van der Waals surface area contributed by atoms with Gasteiger partial charge in [0.05, 0.1) is 52.4 Å². The summed E-state index contributed by atoms with van der Waals surface area (Å²) in [4.78, 5) is 13.5. The van der Waals surface area contributed by atoms with Crippen LogP contribution in [-0.2, 0) is 16.6 Å². The minimum atomic E-state index is -1.26. The SMILES string of the molecule is CC(C)n1c(C(C)(C)O)nc2c(F)cc(-c3nc(NC4CCN(S(C)=O)c5cnn(PI)c54)ncc3Cl)cc21. The van der Waals surface area contributed by atoms with Crippen LogP contribution < -0.4 is 9.62 Å². The fraction of sp³-hybridized carbons (Fsp3) is 0.417. The summed E-state index contributed by atoms with van der Waals surface area (Å²) in [5, 5.41) is 18.8. The summed E-state index contributed by atoms with van der Waals surface area (Å²) in [7, 11) is -1.17. The van der Waals surface area contributed by atoms with Crippen molar-refractivity contribution in [3.8, 4) is 11.3 Å². The molecule has 5 rings (SSSR count). The molecular formula is C24H28ClFIN8O2PS. The van der Waals surface area contributed by atoms with E-state index in [1.807, 2.05) is 27.2 Å². The van der Waals surface area contributed by atoms with Gasteiger partial charge in [0, 0.05) is 24.4 Å². The summed E-state index contributed by atoms with van der Waals surface area (Å²) in [5.41, 5.74) is 2.02. The van der Waals surface area contributed by atoms with Crippen LogP contribution in [0.4, 0.5) is 16.0 Å². The van der Waals surface area contributed by atoms with Gasteiger partial charge in [-0.25, -0.2) is 28.0 Å². The number of rotatable bonds is 7. The normalized spacial score (nSPS) is 17.0. The smallest absolute Gasteiger partial charge is 0.223 e. The summed E-state index contributed by atoms with van der Waals surface area (Å²) < 4.78 is 33.2. The van der Waals surface area contributed by atoms with Crippen LogP contribution in [0.1, 0.15) is 57.7 Å². The lowest BCUT2D eigenvalue weighted by Gasteiger charge is -2.32. The van der Waals surface area contributed by atoms with Gasteiger partial charge < -0.3 is 15.0 Å².